The molecule has 0 spiro atoms. The van der Waals surface area contributed by atoms with E-state index in [0.29, 0.717) is 10.0 Å². The van der Waals surface area contributed by atoms with Crippen molar-refractivity contribution in [3.8, 4) is 0 Å². The maximum absolute atomic E-state index is 12.1. The minimum absolute atomic E-state index is 0. The minimum atomic E-state index is -1.02. The number of rotatable bonds is 18. The number of carboxylic acids is 2. The Labute approximate surface area is 331 Å². The molecular weight excluding hydrogens is 763 g/mol. The first kappa shape index (κ1) is 50.4. The summed E-state index contributed by atoms with van der Waals surface area (Å²) in [7, 11) is 0. The van der Waals surface area contributed by atoms with E-state index in [4.69, 9.17) is 52.4 Å². The van der Waals surface area contributed by atoms with Crippen molar-refractivity contribution in [2.24, 2.45) is 23.7 Å². The number of carbonyl (C=O) groups is 6. The molecule has 0 unspecified atom stereocenters. The number of nitrogens with one attached hydrogen (secondary N) is 2. The summed E-state index contributed by atoms with van der Waals surface area (Å²) in [6.45, 7) is 13.9. The lowest BCUT2D eigenvalue weighted by molar-refractivity contribution is -0.179. The van der Waals surface area contributed by atoms with Gasteiger partial charge in [-0.15, -0.1) is 0 Å². The molecule has 17 heteroatoms. The Hall–Kier alpha value is -4.60. The topological polar surface area (TPSA) is 235 Å². The SMILES string of the molecule is CC(C)C(=O)O[C@@H](OC(=O)NC[C@H](CC(=O)O)c1ccc(Cl)cc1)C(C)C.CC(C)C(=O)O[C@@H](OC(=O)NC[C@H](CC(=O)O)c1ccc(Cl)cc1)C(C)C.O. The van der Waals surface area contributed by atoms with E-state index in [-0.39, 0.29) is 55.1 Å². The second-order valence-corrected chi connectivity index (χ2v) is 14.5. The van der Waals surface area contributed by atoms with Crippen LogP contribution in [0.15, 0.2) is 48.5 Å². The molecule has 0 aliphatic rings. The van der Waals surface area contributed by atoms with E-state index in [1.54, 1.807) is 104 Å². The van der Waals surface area contributed by atoms with Gasteiger partial charge >= 0.3 is 36.1 Å². The summed E-state index contributed by atoms with van der Waals surface area (Å²) in [6, 6.07) is 13.5. The predicted octanol–water partition coefficient (Wildman–Crippen LogP) is 6.79. The Balaban J connectivity index is 0.00000104. The van der Waals surface area contributed by atoms with Crippen LogP contribution in [-0.4, -0.2) is 77.4 Å². The van der Waals surface area contributed by atoms with Gasteiger partial charge in [0.15, 0.2) is 0 Å². The molecule has 0 aliphatic carbocycles. The molecule has 2 aromatic carbocycles. The average molecular weight is 818 g/mol. The number of amides is 2. The molecule has 2 aromatic rings. The summed E-state index contributed by atoms with van der Waals surface area (Å²) in [5.41, 5.74) is 1.46. The maximum Gasteiger partial charge on any atom is 0.410 e. The zero-order chi connectivity index (χ0) is 41.1. The molecule has 0 saturated heterocycles. The van der Waals surface area contributed by atoms with Crippen molar-refractivity contribution in [1.82, 2.24) is 10.6 Å². The van der Waals surface area contributed by atoms with E-state index in [2.05, 4.69) is 10.6 Å². The molecule has 0 heterocycles. The lowest BCUT2D eigenvalue weighted by Gasteiger charge is -2.23. The predicted molar refractivity (Wildman–Crippen MR) is 205 cm³/mol. The van der Waals surface area contributed by atoms with Crippen LogP contribution in [0.4, 0.5) is 9.59 Å². The van der Waals surface area contributed by atoms with E-state index in [1.165, 1.54) is 0 Å². The first-order chi connectivity index (χ1) is 25.2. The zero-order valence-corrected chi connectivity index (χ0v) is 33.8. The first-order valence-electron chi connectivity index (χ1n) is 17.4. The summed E-state index contributed by atoms with van der Waals surface area (Å²) >= 11 is 11.7. The largest absolute Gasteiger partial charge is 0.481 e. The Bertz CT molecular complexity index is 1400. The normalized spacial score (nSPS) is 12.9. The number of aliphatic carboxylic acids is 2. The Kier molecular flexibility index (Phi) is 23.3. The molecule has 0 radical (unpaired) electrons. The fourth-order valence-corrected chi connectivity index (χ4v) is 4.56. The number of ether oxygens (including phenoxy) is 4. The van der Waals surface area contributed by atoms with Crippen LogP contribution in [0.3, 0.4) is 0 Å². The van der Waals surface area contributed by atoms with Crippen LogP contribution in [0, 0.1) is 23.7 Å². The summed E-state index contributed by atoms with van der Waals surface area (Å²) in [4.78, 5) is 69.9. The van der Waals surface area contributed by atoms with E-state index in [9.17, 15) is 28.8 Å². The van der Waals surface area contributed by atoms with Crippen molar-refractivity contribution < 1.29 is 63.4 Å². The van der Waals surface area contributed by atoms with Gasteiger partial charge < -0.3 is 45.3 Å². The van der Waals surface area contributed by atoms with E-state index >= 15 is 0 Å². The van der Waals surface area contributed by atoms with Crippen LogP contribution >= 0.6 is 23.2 Å². The van der Waals surface area contributed by atoms with Crippen molar-refractivity contribution in [3.63, 3.8) is 0 Å². The highest BCUT2D eigenvalue weighted by molar-refractivity contribution is 6.30. The van der Waals surface area contributed by atoms with Crippen LogP contribution in [0.2, 0.25) is 10.0 Å². The Morgan fingerprint density at radius 3 is 1.07 bits per heavy atom. The molecule has 6 N–H and O–H groups in total. The Morgan fingerprint density at radius 2 is 0.836 bits per heavy atom. The monoisotopic (exact) mass is 816 g/mol. The molecule has 4 atom stereocenters. The highest BCUT2D eigenvalue weighted by atomic mass is 35.5. The first-order valence-corrected chi connectivity index (χ1v) is 18.2. The molecule has 308 valence electrons. The lowest BCUT2D eigenvalue weighted by atomic mass is 9.96. The molecular formula is C38H54Cl2N2O13. The number of benzene rings is 2. The molecule has 55 heavy (non-hydrogen) atoms. The molecule has 2 amide bonds. The van der Waals surface area contributed by atoms with Gasteiger partial charge in [0.2, 0.25) is 0 Å². The maximum atomic E-state index is 12.1. The standard InChI is InChI=1S/2C19H26ClNO6.H2O/c2*1-11(2)17(24)26-18(12(3)4)27-19(25)21-10-14(9-16(22)23)13-5-7-15(20)8-6-13;/h2*5-8,11-12,14,18H,9-10H2,1-4H3,(H,21,25)(H,22,23);1H2/t2*14-,18-;/m00./s1. The van der Waals surface area contributed by atoms with Crippen LogP contribution in [0.5, 0.6) is 0 Å². The summed E-state index contributed by atoms with van der Waals surface area (Å²) in [5.74, 6) is -4.98. The van der Waals surface area contributed by atoms with E-state index in [1.807, 2.05) is 0 Å². The second kappa shape index (κ2) is 25.5. The van der Waals surface area contributed by atoms with Crippen LogP contribution in [-0.2, 0) is 38.1 Å². The number of hydrogen-bond donors (Lipinski definition) is 4. The van der Waals surface area contributed by atoms with Crippen LogP contribution < -0.4 is 10.6 Å². The number of hydrogen-bond acceptors (Lipinski definition) is 10. The summed E-state index contributed by atoms with van der Waals surface area (Å²) in [5, 5.41) is 24.4. The molecule has 15 nitrogen and oxygen atoms in total. The van der Waals surface area contributed by atoms with Gasteiger partial charge in [0.05, 0.1) is 24.7 Å². The van der Waals surface area contributed by atoms with Gasteiger partial charge in [0.1, 0.15) is 0 Å². The third kappa shape index (κ3) is 20.6. The van der Waals surface area contributed by atoms with Gasteiger partial charge in [-0.2, -0.15) is 0 Å². The summed E-state index contributed by atoms with van der Waals surface area (Å²) < 4.78 is 20.7. The fraction of sp³-hybridized carbons (Fsp3) is 0.526. The fourth-order valence-electron chi connectivity index (χ4n) is 4.31. The smallest absolute Gasteiger partial charge is 0.410 e. The van der Waals surface area contributed by atoms with Crippen molar-refractivity contribution in [2.45, 2.75) is 92.6 Å². The second-order valence-electron chi connectivity index (χ2n) is 13.7. The zero-order valence-electron chi connectivity index (χ0n) is 32.3. The molecule has 0 bridgehead atoms. The number of alkyl carbamates (subject to hydrolysis) is 2. The van der Waals surface area contributed by atoms with Crippen molar-refractivity contribution >= 4 is 59.3 Å². The van der Waals surface area contributed by atoms with Crippen molar-refractivity contribution in [2.75, 3.05) is 13.1 Å². The average Bonchev–Trinajstić information content (AvgIpc) is 3.08. The van der Waals surface area contributed by atoms with Gasteiger partial charge in [-0.25, -0.2) is 9.59 Å². The third-order valence-corrected chi connectivity index (χ3v) is 7.96. The molecule has 0 fully saturated rings. The number of esters is 2. The number of carboxylic acid groups (broad SMARTS) is 2. The molecule has 0 aliphatic heterocycles. The summed E-state index contributed by atoms with van der Waals surface area (Å²) in [6.07, 6.45) is -3.94. The number of carbonyl (C=O) groups excluding carboxylic acids is 4. The molecule has 0 saturated carbocycles. The highest BCUT2D eigenvalue weighted by Gasteiger charge is 2.27. The van der Waals surface area contributed by atoms with Gasteiger partial charge in [0.25, 0.3) is 12.6 Å². The van der Waals surface area contributed by atoms with Crippen LogP contribution in [0.1, 0.15) is 91.2 Å². The van der Waals surface area contributed by atoms with Crippen molar-refractivity contribution in [1.29, 1.82) is 0 Å². The van der Waals surface area contributed by atoms with Gasteiger partial charge in [-0.3, -0.25) is 19.2 Å². The van der Waals surface area contributed by atoms with Gasteiger partial charge in [-0.05, 0) is 35.4 Å². The third-order valence-electron chi connectivity index (χ3n) is 7.45. The van der Waals surface area contributed by atoms with Gasteiger partial charge in [-0.1, -0.05) is 103 Å². The molecule has 2 rings (SSSR count). The number of halogens is 2. The Morgan fingerprint density at radius 1 is 0.545 bits per heavy atom. The van der Waals surface area contributed by atoms with Crippen LogP contribution in [0.25, 0.3) is 0 Å². The lowest BCUT2D eigenvalue weighted by Crippen LogP contribution is -2.37. The van der Waals surface area contributed by atoms with E-state index < -0.39 is 60.5 Å². The highest BCUT2D eigenvalue weighted by Crippen LogP contribution is 2.23. The molecule has 0 aromatic heterocycles. The quantitative estimate of drug-likeness (QED) is 0.0899. The minimum Gasteiger partial charge on any atom is -0.481 e. The van der Waals surface area contributed by atoms with Gasteiger partial charge in [0, 0.05) is 46.8 Å². The van der Waals surface area contributed by atoms with Crippen molar-refractivity contribution in [3.05, 3.63) is 69.7 Å². The van der Waals surface area contributed by atoms with E-state index in [0.717, 1.165) is 11.1 Å².